The molecule has 24 heavy (non-hydrogen) atoms. The predicted molar refractivity (Wildman–Crippen MR) is 99.6 cm³/mol. The third-order valence-electron chi connectivity index (χ3n) is 3.93. The molecular weight excluding hydrogens is 298 g/mol. The highest BCUT2D eigenvalue weighted by Gasteiger charge is 2.12. The van der Waals surface area contributed by atoms with E-state index in [1.54, 1.807) is 18.2 Å². The Labute approximate surface area is 144 Å². The van der Waals surface area contributed by atoms with E-state index in [2.05, 4.69) is 50.4 Å². The molecule has 2 aromatic rings. The summed E-state index contributed by atoms with van der Waals surface area (Å²) in [4.78, 5) is 11.2. The molecule has 0 spiro atoms. The molecule has 0 heterocycles. The number of aromatic carboxylic acids is 1. The molecule has 2 aromatic carbocycles. The summed E-state index contributed by atoms with van der Waals surface area (Å²) in [6, 6.07) is 15.6. The summed E-state index contributed by atoms with van der Waals surface area (Å²) in [5.74, 6) is -0.929. The second kappa shape index (κ2) is 7.35. The standard InChI is InChI=1S/C21H25NO2/c1-15(13-16-9-11-17(12-10-16)21(2,3)4)14-22-19-8-6-5-7-18(19)20(23)24/h5-12,14,22H,13H2,1-4H3,(H,23,24). The van der Waals surface area contributed by atoms with E-state index in [1.165, 1.54) is 11.1 Å². The van der Waals surface area contributed by atoms with Gasteiger partial charge in [-0.25, -0.2) is 4.79 Å². The summed E-state index contributed by atoms with van der Waals surface area (Å²) >= 11 is 0. The average molecular weight is 323 g/mol. The van der Waals surface area contributed by atoms with Gasteiger partial charge in [0.2, 0.25) is 0 Å². The van der Waals surface area contributed by atoms with Crippen LogP contribution in [0.4, 0.5) is 5.69 Å². The van der Waals surface area contributed by atoms with Crippen molar-refractivity contribution in [1.29, 1.82) is 0 Å². The van der Waals surface area contributed by atoms with Crippen LogP contribution in [0.2, 0.25) is 0 Å². The summed E-state index contributed by atoms with van der Waals surface area (Å²) in [5, 5.41) is 12.3. The number of carbonyl (C=O) groups is 1. The van der Waals surface area contributed by atoms with Crippen molar-refractivity contribution in [2.75, 3.05) is 5.32 Å². The van der Waals surface area contributed by atoms with Gasteiger partial charge in [-0.05, 0) is 42.0 Å². The van der Waals surface area contributed by atoms with Crippen molar-refractivity contribution in [3.8, 4) is 0 Å². The van der Waals surface area contributed by atoms with Gasteiger partial charge in [0.05, 0.1) is 11.3 Å². The first-order valence-electron chi connectivity index (χ1n) is 8.11. The molecule has 3 nitrogen and oxygen atoms in total. The molecule has 0 bridgehead atoms. The summed E-state index contributed by atoms with van der Waals surface area (Å²) in [5.41, 5.74) is 4.74. The molecule has 0 aliphatic rings. The Bertz CT molecular complexity index is 737. The Kier molecular flexibility index (Phi) is 5.45. The largest absolute Gasteiger partial charge is 0.478 e. The Hall–Kier alpha value is -2.55. The lowest BCUT2D eigenvalue weighted by atomic mass is 9.86. The van der Waals surface area contributed by atoms with E-state index in [0.717, 1.165) is 12.0 Å². The van der Waals surface area contributed by atoms with E-state index in [-0.39, 0.29) is 11.0 Å². The molecule has 0 radical (unpaired) electrons. The van der Waals surface area contributed by atoms with Gasteiger partial charge in [0, 0.05) is 6.20 Å². The highest BCUT2D eigenvalue weighted by Crippen LogP contribution is 2.23. The van der Waals surface area contributed by atoms with Gasteiger partial charge in [0.1, 0.15) is 0 Å². The van der Waals surface area contributed by atoms with Gasteiger partial charge in [-0.1, -0.05) is 62.7 Å². The second-order valence-corrected chi connectivity index (χ2v) is 7.11. The zero-order valence-electron chi connectivity index (χ0n) is 14.8. The van der Waals surface area contributed by atoms with Crippen LogP contribution in [-0.2, 0) is 11.8 Å². The fraction of sp³-hybridized carbons (Fsp3) is 0.286. The van der Waals surface area contributed by atoms with Crippen molar-refractivity contribution in [2.45, 2.75) is 39.5 Å². The zero-order chi connectivity index (χ0) is 17.7. The molecule has 126 valence electrons. The Morgan fingerprint density at radius 1 is 1.08 bits per heavy atom. The maximum Gasteiger partial charge on any atom is 0.337 e. The third kappa shape index (κ3) is 4.72. The molecule has 0 saturated heterocycles. The highest BCUT2D eigenvalue weighted by molar-refractivity contribution is 5.94. The lowest BCUT2D eigenvalue weighted by molar-refractivity contribution is 0.0698. The van der Waals surface area contributed by atoms with E-state index < -0.39 is 5.97 Å². The lowest BCUT2D eigenvalue weighted by Gasteiger charge is -2.19. The number of anilines is 1. The van der Waals surface area contributed by atoms with E-state index in [9.17, 15) is 9.90 Å². The molecule has 2 N–H and O–H groups in total. The van der Waals surface area contributed by atoms with E-state index in [4.69, 9.17) is 0 Å². The molecule has 3 heteroatoms. The minimum Gasteiger partial charge on any atom is -0.478 e. The van der Waals surface area contributed by atoms with Gasteiger partial charge in [-0.3, -0.25) is 0 Å². The minimum absolute atomic E-state index is 0.158. The van der Waals surface area contributed by atoms with Crippen molar-refractivity contribution in [2.24, 2.45) is 0 Å². The van der Waals surface area contributed by atoms with Gasteiger partial charge in [-0.2, -0.15) is 0 Å². The maximum atomic E-state index is 11.2. The number of allylic oxidation sites excluding steroid dienone is 1. The smallest absolute Gasteiger partial charge is 0.337 e. The van der Waals surface area contributed by atoms with Crippen molar-refractivity contribution in [1.82, 2.24) is 0 Å². The second-order valence-electron chi connectivity index (χ2n) is 7.11. The van der Waals surface area contributed by atoms with Crippen LogP contribution in [0.15, 0.2) is 60.3 Å². The molecule has 0 amide bonds. The zero-order valence-corrected chi connectivity index (χ0v) is 14.8. The number of carboxylic acid groups (broad SMARTS) is 1. The van der Waals surface area contributed by atoms with Crippen LogP contribution in [-0.4, -0.2) is 11.1 Å². The summed E-state index contributed by atoms with van der Waals surface area (Å²) in [6.45, 7) is 8.65. The van der Waals surface area contributed by atoms with E-state index in [0.29, 0.717) is 5.69 Å². The summed E-state index contributed by atoms with van der Waals surface area (Å²) < 4.78 is 0. The fourth-order valence-corrected chi connectivity index (χ4v) is 2.49. The molecule has 0 aromatic heterocycles. The first-order chi connectivity index (χ1) is 11.3. The van der Waals surface area contributed by atoms with Crippen molar-refractivity contribution < 1.29 is 9.90 Å². The SMILES string of the molecule is CC(=CNc1ccccc1C(=O)O)Cc1ccc(C(C)(C)C)cc1. The lowest BCUT2D eigenvalue weighted by Crippen LogP contribution is -2.10. The molecular formula is C21H25NO2. The Morgan fingerprint density at radius 2 is 1.71 bits per heavy atom. The number of hydrogen-bond donors (Lipinski definition) is 2. The first-order valence-corrected chi connectivity index (χ1v) is 8.11. The van der Waals surface area contributed by atoms with Gasteiger partial charge >= 0.3 is 5.97 Å². The number of carboxylic acids is 1. The molecule has 2 rings (SSSR count). The number of nitrogens with one attached hydrogen (secondary N) is 1. The van der Waals surface area contributed by atoms with Crippen LogP contribution in [0, 0.1) is 0 Å². The summed E-state index contributed by atoms with van der Waals surface area (Å²) in [6.07, 6.45) is 2.70. The van der Waals surface area contributed by atoms with Crippen LogP contribution >= 0.6 is 0 Å². The molecule has 0 aliphatic heterocycles. The Balaban J connectivity index is 2.06. The minimum atomic E-state index is -0.929. The van der Waals surface area contributed by atoms with E-state index in [1.807, 2.05) is 19.2 Å². The highest BCUT2D eigenvalue weighted by atomic mass is 16.4. The van der Waals surface area contributed by atoms with Gasteiger partial charge < -0.3 is 10.4 Å². The molecule has 0 atom stereocenters. The fourth-order valence-electron chi connectivity index (χ4n) is 2.49. The quantitative estimate of drug-likeness (QED) is 0.791. The number of benzene rings is 2. The predicted octanol–water partition coefficient (Wildman–Crippen LogP) is 5.24. The normalized spacial score (nSPS) is 12.1. The van der Waals surface area contributed by atoms with Crippen molar-refractivity contribution in [3.63, 3.8) is 0 Å². The van der Waals surface area contributed by atoms with Crippen LogP contribution in [0.3, 0.4) is 0 Å². The van der Waals surface area contributed by atoms with Crippen LogP contribution in [0.5, 0.6) is 0 Å². The topological polar surface area (TPSA) is 49.3 Å². The summed E-state index contributed by atoms with van der Waals surface area (Å²) in [7, 11) is 0. The molecule has 0 saturated carbocycles. The van der Waals surface area contributed by atoms with E-state index >= 15 is 0 Å². The number of rotatable bonds is 5. The van der Waals surface area contributed by atoms with Gasteiger partial charge in [-0.15, -0.1) is 0 Å². The maximum absolute atomic E-state index is 11.2. The monoisotopic (exact) mass is 323 g/mol. The number of hydrogen-bond acceptors (Lipinski definition) is 2. The van der Waals surface area contributed by atoms with Crippen LogP contribution in [0.1, 0.15) is 49.2 Å². The first kappa shape index (κ1) is 17.8. The Morgan fingerprint density at radius 3 is 2.29 bits per heavy atom. The third-order valence-corrected chi connectivity index (χ3v) is 3.93. The van der Waals surface area contributed by atoms with Gasteiger partial charge in [0.25, 0.3) is 0 Å². The van der Waals surface area contributed by atoms with Crippen molar-refractivity contribution >= 4 is 11.7 Å². The molecule has 0 unspecified atom stereocenters. The van der Waals surface area contributed by atoms with Crippen LogP contribution < -0.4 is 5.32 Å². The van der Waals surface area contributed by atoms with Crippen molar-refractivity contribution in [3.05, 3.63) is 77.0 Å². The molecule has 0 aliphatic carbocycles. The number of para-hydroxylation sites is 1. The average Bonchev–Trinajstić information content (AvgIpc) is 2.53. The van der Waals surface area contributed by atoms with Gasteiger partial charge in [0.15, 0.2) is 0 Å². The van der Waals surface area contributed by atoms with Crippen LogP contribution in [0.25, 0.3) is 0 Å². The molecule has 0 fully saturated rings.